The van der Waals surface area contributed by atoms with E-state index in [1.165, 1.54) is 31.2 Å². The normalized spacial score (nSPS) is 18.2. The van der Waals surface area contributed by atoms with E-state index in [2.05, 4.69) is 6.58 Å². The maximum absolute atomic E-state index is 14.2. The van der Waals surface area contributed by atoms with Crippen molar-refractivity contribution in [2.75, 3.05) is 12.4 Å². The summed E-state index contributed by atoms with van der Waals surface area (Å²) in [6, 6.07) is 12.5. The van der Waals surface area contributed by atoms with E-state index < -0.39 is 11.6 Å². The number of thioether (sulfide) groups is 2. The quantitative estimate of drug-likeness (QED) is 0.291. The lowest BCUT2D eigenvalue weighted by Crippen LogP contribution is -2.40. The van der Waals surface area contributed by atoms with Crippen molar-refractivity contribution in [2.45, 2.75) is 41.3 Å². The van der Waals surface area contributed by atoms with Gasteiger partial charge in [0.05, 0.1) is 12.7 Å². The number of benzene rings is 2. The first-order valence-corrected chi connectivity index (χ1v) is 10.8. The second-order valence-corrected chi connectivity index (χ2v) is 9.25. The van der Waals surface area contributed by atoms with Gasteiger partial charge in [-0.3, -0.25) is 4.79 Å². The van der Waals surface area contributed by atoms with Crippen LogP contribution in [0.5, 0.6) is 0 Å². The van der Waals surface area contributed by atoms with E-state index in [1.807, 2.05) is 0 Å². The minimum atomic E-state index is -4.48. The zero-order chi connectivity index (χ0) is 21.2. The van der Waals surface area contributed by atoms with Gasteiger partial charge in [0.25, 0.3) is 0 Å². The van der Waals surface area contributed by atoms with Gasteiger partial charge in [-0.1, -0.05) is 30.8 Å². The molecule has 154 valence electrons. The largest absolute Gasteiger partial charge is 0.402 e. The standard InChI is InChI=1S/C22H21F3O2S2/c1-14(2)20(26)29-19-10-6-16(7-11-19)21(3,22(23,24)25)15-4-8-18(9-5-15)28-13-17-12-27-17/h4-11,17H,1,12-13H2,2-3H3. The number of hydrogen-bond donors (Lipinski definition) is 0. The predicted molar refractivity (Wildman–Crippen MR) is 112 cm³/mol. The van der Waals surface area contributed by atoms with Crippen LogP contribution in [0.1, 0.15) is 25.0 Å². The molecule has 1 heterocycles. The zero-order valence-electron chi connectivity index (χ0n) is 16.1. The van der Waals surface area contributed by atoms with Crippen LogP contribution in [0, 0.1) is 0 Å². The molecule has 1 aliphatic heterocycles. The summed E-state index contributed by atoms with van der Waals surface area (Å²) in [5, 5.41) is -0.207. The number of alkyl halides is 3. The summed E-state index contributed by atoms with van der Waals surface area (Å²) in [7, 11) is 0. The molecule has 1 aliphatic rings. The van der Waals surface area contributed by atoms with Gasteiger partial charge in [-0.05, 0) is 66.6 Å². The number of ether oxygens (including phenoxy) is 1. The number of epoxide rings is 1. The van der Waals surface area contributed by atoms with Crippen molar-refractivity contribution < 1.29 is 22.7 Å². The van der Waals surface area contributed by atoms with Gasteiger partial charge < -0.3 is 4.74 Å². The molecule has 29 heavy (non-hydrogen) atoms. The molecular formula is C22H21F3O2S2. The highest BCUT2D eigenvalue weighted by molar-refractivity contribution is 8.14. The van der Waals surface area contributed by atoms with E-state index in [0.717, 1.165) is 29.0 Å². The van der Waals surface area contributed by atoms with Crippen molar-refractivity contribution in [3.05, 3.63) is 71.8 Å². The van der Waals surface area contributed by atoms with Gasteiger partial charge in [0.1, 0.15) is 5.41 Å². The van der Waals surface area contributed by atoms with E-state index in [-0.39, 0.29) is 22.3 Å². The first-order chi connectivity index (χ1) is 13.6. The second kappa shape index (κ2) is 8.58. The minimum absolute atomic E-state index is 0.129. The number of rotatable bonds is 7. The first kappa shape index (κ1) is 22.0. The molecule has 1 saturated heterocycles. The minimum Gasteiger partial charge on any atom is -0.372 e. The Balaban J connectivity index is 1.86. The van der Waals surface area contributed by atoms with E-state index >= 15 is 0 Å². The highest BCUT2D eigenvalue weighted by Crippen LogP contribution is 2.46. The summed E-state index contributed by atoms with van der Waals surface area (Å²) in [5.41, 5.74) is -1.46. The average molecular weight is 439 g/mol. The molecule has 7 heteroatoms. The van der Waals surface area contributed by atoms with Gasteiger partial charge in [0.15, 0.2) is 0 Å². The summed E-state index contributed by atoms with van der Waals surface area (Å²) < 4.78 is 47.6. The van der Waals surface area contributed by atoms with E-state index in [4.69, 9.17) is 4.74 Å². The lowest BCUT2D eigenvalue weighted by molar-refractivity contribution is -0.173. The van der Waals surface area contributed by atoms with Gasteiger partial charge in [-0.2, -0.15) is 13.2 Å². The van der Waals surface area contributed by atoms with Crippen LogP contribution in [0.3, 0.4) is 0 Å². The lowest BCUT2D eigenvalue weighted by Gasteiger charge is -2.33. The number of hydrogen-bond acceptors (Lipinski definition) is 4. The summed E-state index contributed by atoms with van der Waals surface area (Å²) >= 11 is 2.53. The molecule has 2 aromatic carbocycles. The van der Waals surface area contributed by atoms with Gasteiger partial charge >= 0.3 is 6.18 Å². The molecule has 0 aliphatic carbocycles. The van der Waals surface area contributed by atoms with Gasteiger partial charge in [0, 0.05) is 15.5 Å². The third-order valence-electron chi connectivity index (χ3n) is 4.83. The fourth-order valence-electron chi connectivity index (χ4n) is 2.78. The molecule has 0 N–H and O–H groups in total. The molecule has 0 radical (unpaired) electrons. The highest BCUT2D eigenvalue weighted by Gasteiger charge is 2.53. The van der Waals surface area contributed by atoms with Crippen molar-refractivity contribution in [2.24, 2.45) is 0 Å². The fourth-order valence-corrected chi connectivity index (χ4v) is 4.34. The molecular weight excluding hydrogens is 417 g/mol. The molecule has 0 amide bonds. The molecule has 0 aromatic heterocycles. The third kappa shape index (κ3) is 5.08. The molecule has 2 aromatic rings. The van der Waals surface area contributed by atoms with Crippen LogP contribution < -0.4 is 0 Å². The van der Waals surface area contributed by atoms with E-state index in [1.54, 1.807) is 43.0 Å². The number of carbonyl (C=O) groups excluding carboxylic acids is 1. The summed E-state index contributed by atoms with van der Waals surface area (Å²) in [4.78, 5) is 13.3. The molecule has 1 fully saturated rings. The maximum atomic E-state index is 14.2. The lowest BCUT2D eigenvalue weighted by atomic mass is 9.75. The third-order valence-corrected chi connectivity index (χ3v) is 7.01. The van der Waals surface area contributed by atoms with Crippen molar-refractivity contribution in [3.8, 4) is 0 Å². The smallest absolute Gasteiger partial charge is 0.372 e. The van der Waals surface area contributed by atoms with Gasteiger partial charge in [-0.25, -0.2) is 0 Å². The van der Waals surface area contributed by atoms with Crippen LogP contribution in [-0.2, 0) is 14.9 Å². The van der Waals surface area contributed by atoms with Gasteiger partial charge in [-0.15, -0.1) is 11.8 Å². The Morgan fingerprint density at radius 3 is 1.97 bits per heavy atom. The molecule has 2 atom stereocenters. The average Bonchev–Trinajstić information content (AvgIpc) is 3.50. The molecule has 2 nitrogen and oxygen atoms in total. The maximum Gasteiger partial charge on any atom is 0.402 e. The Bertz CT molecular complexity index is 888. The van der Waals surface area contributed by atoms with E-state index in [9.17, 15) is 18.0 Å². The monoisotopic (exact) mass is 438 g/mol. The Labute approximate surface area is 176 Å². The van der Waals surface area contributed by atoms with Crippen molar-refractivity contribution in [1.29, 1.82) is 0 Å². The summed E-state index contributed by atoms with van der Waals surface area (Å²) in [6.07, 6.45) is -4.22. The van der Waals surface area contributed by atoms with Crippen molar-refractivity contribution in [1.82, 2.24) is 0 Å². The van der Waals surface area contributed by atoms with Crippen LogP contribution in [0.4, 0.5) is 13.2 Å². The first-order valence-electron chi connectivity index (χ1n) is 9.01. The Morgan fingerprint density at radius 1 is 1.07 bits per heavy atom. The molecule has 0 saturated carbocycles. The zero-order valence-corrected chi connectivity index (χ0v) is 17.7. The molecule has 0 bridgehead atoms. The predicted octanol–water partition coefficient (Wildman–Crippen LogP) is 6.24. The Morgan fingerprint density at radius 2 is 1.55 bits per heavy atom. The molecule has 0 spiro atoms. The van der Waals surface area contributed by atoms with Crippen LogP contribution in [0.25, 0.3) is 0 Å². The van der Waals surface area contributed by atoms with E-state index in [0.29, 0.717) is 10.5 Å². The Kier molecular flexibility index (Phi) is 6.51. The van der Waals surface area contributed by atoms with Crippen LogP contribution >= 0.6 is 23.5 Å². The topological polar surface area (TPSA) is 29.6 Å². The van der Waals surface area contributed by atoms with Gasteiger partial charge in [0.2, 0.25) is 5.12 Å². The van der Waals surface area contributed by atoms with Crippen LogP contribution in [-0.4, -0.2) is 29.8 Å². The fraction of sp³-hybridized carbons (Fsp3) is 0.318. The van der Waals surface area contributed by atoms with Crippen molar-refractivity contribution >= 4 is 28.6 Å². The highest BCUT2D eigenvalue weighted by atomic mass is 32.2. The number of halogens is 3. The van der Waals surface area contributed by atoms with Crippen molar-refractivity contribution in [3.63, 3.8) is 0 Å². The van der Waals surface area contributed by atoms with Crippen LogP contribution in [0.15, 0.2) is 70.5 Å². The molecule has 2 unspecified atom stereocenters. The molecule has 3 rings (SSSR count). The summed E-state index contributed by atoms with van der Waals surface area (Å²) in [5.74, 6) is 0.803. The second-order valence-electron chi connectivity index (χ2n) is 7.11. The Hall–Kier alpha value is -1.70. The summed E-state index contributed by atoms with van der Waals surface area (Å²) in [6.45, 7) is 7.13. The SMILES string of the molecule is C=C(C)C(=O)Sc1ccc(C(C)(c2ccc(SCC3CO3)cc2)C(F)(F)F)cc1. The van der Waals surface area contributed by atoms with Crippen LogP contribution in [0.2, 0.25) is 0 Å². The number of carbonyl (C=O) groups is 1.